The maximum Gasteiger partial charge on any atom is 0.257 e. The van der Waals surface area contributed by atoms with Crippen molar-refractivity contribution in [1.82, 2.24) is 14.9 Å². The highest BCUT2D eigenvalue weighted by Gasteiger charge is 2.46. The maximum atomic E-state index is 13.1. The number of carbonyl (C=O) groups excluding carboxylic acids is 1. The first kappa shape index (κ1) is 18.5. The number of hydrogen-bond donors (Lipinski definition) is 1. The fourth-order valence-electron chi connectivity index (χ4n) is 3.94. The quantitative estimate of drug-likeness (QED) is 0.859. The predicted molar refractivity (Wildman–Crippen MR) is 103 cm³/mol. The lowest BCUT2D eigenvalue weighted by molar-refractivity contribution is 0.0484. The van der Waals surface area contributed by atoms with Crippen molar-refractivity contribution in [2.24, 2.45) is 0 Å². The summed E-state index contributed by atoms with van der Waals surface area (Å²) in [6.45, 7) is 2.05. The highest BCUT2D eigenvalue weighted by atomic mass is 16.5. The Bertz CT molecular complexity index is 917. The van der Waals surface area contributed by atoms with Crippen LogP contribution in [0.3, 0.4) is 0 Å². The molecule has 2 aliphatic heterocycles. The Kier molecular flexibility index (Phi) is 4.58. The molecule has 0 unspecified atom stereocenters. The van der Waals surface area contributed by atoms with Crippen molar-refractivity contribution in [3.05, 3.63) is 41.2 Å². The molecule has 148 valence electrons. The minimum Gasteiger partial charge on any atom is -0.507 e. The molecule has 1 fully saturated rings. The van der Waals surface area contributed by atoms with E-state index < -0.39 is 0 Å². The third kappa shape index (κ3) is 3.03. The van der Waals surface area contributed by atoms with Gasteiger partial charge in [-0.1, -0.05) is 0 Å². The van der Waals surface area contributed by atoms with Crippen molar-refractivity contribution < 1.29 is 19.4 Å². The van der Waals surface area contributed by atoms with E-state index in [0.29, 0.717) is 38.0 Å². The zero-order valence-corrected chi connectivity index (χ0v) is 16.3. The van der Waals surface area contributed by atoms with E-state index in [9.17, 15) is 9.90 Å². The van der Waals surface area contributed by atoms with E-state index in [-0.39, 0.29) is 22.6 Å². The average molecular weight is 384 g/mol. The number of carbonyl (C=O) groups is 1. The molecule has 2 aliphatic rings. The molecule has 4 rings (SSSR count). The number of aromatic nitrogens is 2. The van der Waals surface area contributed by atoms with Gasteiger partial charge in [-0.05, 0) is 24.6 Å². The lowest BCUT2D eigenvalue weighted by Gasteiger charge is -2.34. The molecule has 1 aromatic heterocycles. The molecule has 2 aromatic rings. The van der Waals surface area contributed by atoms with Crippen LogP contribution in [0.15, 0.2) is 24.4 Å². The summed E-state index contributed by atoms with van der Waals surface area (Å²) in [4.78, 5) is 25.9. The molecule has 8 heteroatoms. The Morgan fingerprint density at radius 3 is 2.96 bits per heavy atom. The molecule has 1 atom stereocenters. The van der Waals surface area contributed by atoms with Crippen LogP contribution < -0.4 is 9.64 Å². The monoisotopic (exact) mass is 384 g/mol. The first-order chi connectivity index (χ1) is 13.4. The molecule has 0 radical (unpaired) electrons. The van der Waals surface area contributed by atoms with Gasteiger partial charge in [-0.2, -0.15) is 0 Å². The lowest BCUT2D eigenvalue weighted by Crippen LogP contribution is -2.42. The van der Waals surface area contributed by atoms with Crippen molar-refractivity contribution in [3.8, 4) is 11.5 Å². The lowest BCUT2D eigenvalue weighted by atomic mass is 9.80. The Labute approximate surface area is 163 Å². The summed E-state index contributed by atoms with van der Waals surface area (Å²) in [5, 5.41) is 10.2. The molecular formula is C20H24N4O4. The van der Waals surface area contributed by atoms with Crippen LogP contribution >= 0.6 is 0 Å². The van der Waals surface area contributed by atoms with Crippen molar-refractivity contribution in [2.75, 3.05) is 45.8 Å². The second kappa shape index (κ2) is 6.94. The number of phenols is 1. The zero-order chi connectivity index (χ0) is 19.9. The maximum absolute atomic E-state index is 13.1. The summed E-state index contributed by atoms with van der Waals surface area (Å²) in [7, 11) is 5.34. The Morgan fingerprint density at radius 2 is 2.21 bits per heavy atom. The molecule has 1 N–H and O–H groups in total. The molecule has 1 saturated heterocycles. The Balaban J connectivity index is 1.65. The zero-order valence-electron chi connectivity index (χ0n) is 16.3. The largest absolute Gasteiger partial charge is 0.507 e. The molecule has 1 spiro atoms. The number of fused-ring (bicyclic) bond motifs is 2. The van der Waals surface area contributed by atoms with E-state index in [1.165, 1.54) is 13.2 Å². The van der Waals surface area contributed by atoms with E-state index in [0.717, 1.165) is 17.7 Å². The molecule has 1 aromatic carbocycles. The number of methoxy groups -OCH3 is 1. The number of benzene rings is 1. The summed E-state index contributed by atoms with van der Waals surface area (Å²) in [6, 6.07) is 4.68. The van der Waals surface area contributed by atoms with E-state index in [1.807, 2.05) is 25.2 Å². The fourth-order valence-corrected chi connectivity index (χ4v) is 3.94. The number of aromatic hydroxyl groups is 1. The number of amides is 1. The highest BCUT2D eigenvalue weighted by Crippen LogP contribution is 2.40. The van der Waals surface area contributed by atoms with Crippen LogP contribution in [0.4, 0.5) is 5.95 Å². The van der Waals surface area contributed by atoms with Gasteiger partial charge in [0.2, 0.25) is 5.95 Å². The van der Waals surface area contributed by atoms with Crippen molar-refractivity contribution in [2.45, 2.75) is 18.4 Å². The normalized spacial score (nSPS) is 20.9. The van der Waals surface area contributed by atoms with Crippen molar-refractivity contribution in [3.63, 3.8) is 0 Å². The minimum atomic E-state index is -0.356. The minimum absolute atomic E-state index is 0.0516. The highest BCUT2D eigenvalue weighted by molar-refractivity contribution is 5.97. The van der Waals surface area contributed by atoms with Crippen LogP contribution in [-0.2, 0) is 16.8 Å². The number of anilines is 1. The topological polar surface area (TPSA) is 88.0 Å². The van der Waals surface area contributed by atoms with Crippen LogP contribution in [0.5, 0.6) is 11.5 Å². The van der Waals surface area contributed by atoms with Gasteiger partial charge in [0.05, 0.1) is 37.0 Å². The first-order valence-corrected chi connectivity index (χ1v) is 9.21. The van der Waals surface area contributed by atoms with Gasteiger partial charge < -0.3 is 24.4 Å². The molecule has 0 saturated carbocycles. The summed E-state index contributed by atoms with van der Waals surface area (Å²) >= 11 is 0. The number of nitrogens with zero attached hydrogens (tertiary/aromatic N) is 4. The molecule has 8 nitrogen and oxygen atoms in total. The smallest absolute Gasteiger partial charge is 0.257 e. The SMILES string of the molecule is COc1ccc(O)c(C(=O)N2CC[C@@]3(COCc4cnc(N(C)C)nc43)C2)c1. The van der Waals surface area contributed by atoms with E-state index in [1.54, 1.807) is 17.0 Å². The van der Waals surface area contributed by atoms with Gasteiger partial charge in [-0.15, -0.1) is 0 Å². The van der Waals surface area contributed by atoms with E-state index in [2.05, 4.69) is 4.98 Å². The number of ether oxygens (including phenoxy) is 2. The third-order valence-electron chi connectivity index (χ3n) is 5.47. The van der Waals surface area contributed by atoms with Crippen molar-refractivity contribution in [1.29, 1.82) is 0 Å². The number of likely N-dealkylation sites (tertiary alicyclic amines) is 1. The standard InChI is InChI=1S/C20H24N4O4/c1-23(2)19-21-9-13-10-28-12-20(17(13)22-19)6-7-24(11-20)18(26)15-8-14(27-3)4-5-16(15)25/h4-5,8-9,25H,6-7,10-12H2,1-3H3/t20-/m0/s1. The van der Waals surface area contributed by atoms with Crippen molar-refractivity contribution >= 4 is 11.9 Å². The molecule has 3 heterocycles. The van der Waals surface area contributed by atoms with Crippen LogP contribution in [0.2, 0.25) is 0 Å². The Hall–Kier alpha value is -2.87. The predicted octanol–water partition coefficient (Wildman–Crippen LogP) is 1.57. The summed E-state index contributed by atoms with van der Waals surface area (Å²) in [6.07, 6.45) is 2.57. The second-order valence-electron chi connectivity index (χ2n) is 7.57. The van der Waals surface area contributed by atoms with Gasteiger partial charge >= 0.3 is 0 Å². The van der Waals surface area contributed by atoms with E-state index in [4.69, 9.17) is 14.5 Å². The van der Waals surface area contributed by atoms with Crippen LogP contribution in [0.25, 0.3) is 0 Å². The van der Waals surface area contributed by atoms with Gasteiger partial charge in [0.1, 0.15) is 11.5 Å². The number of rotatable bonds is 3. The Morgan fingerprint density at radius 1 is 1.39 bits per heavy atom. The van der Waals surface area contributed by atoms with Gasteiger partial charge in [0.25, 0.3) is 5.91 Å². The molecular weight excluding hydrogens is 360 g/mol. The molecule has 28 heavy (non-hydrogen) atoms. The summed E-state index contributed by atoms with van der Waals surface area (Å²) < 4.78 is 11.0. The molecule has 0 bridgehead atoms. The first-order valence-electron chi connectivity index (χ1n) is 9.21. The van der Waals surface area contributed by atoms with Crippen LogP contribution in [0, 0.1) is 0 Å². The molecule has 0 aliphatic carbocycles. The number of phenolic OH excluding ortho intramolecular Hbond substituents is 1. The summed E-state index contributed by atoms with van der Waals surface area (Å²) in [5.41, 5.74) is 1.81. The third-order valence-corrected chi connectivity index (χ3v) is 5.47. The van der Waals surface area contributed by atoms with Gasteiger partial charge in [-0.3, -0.25) is 4.79 Å². The van der Waals surface area contributed by atoms with Crippen LogP contribution in [-0.4, -0.2) is 66.8 Å². The average Bonchev–Trinajstić information content (AvgIpc) is 3.12. The number of hydrogen-bond acceptors (Lipinski definition) is 7. The summed E-state index contributed by atoms with van der Waals surface area (Å²) in [5.74, 6) is 0.909. The van der Waals surface area contributed by atoms with E-state index >= 15 is 0 Å². The molecule has 1 amide bonds. The van der Waals surface area contributed by atoms with Gasteiger partial charge in [-0.25, -0.2) is 9.97 Å². The fraction of sp³-hybridized carbons (Fsp3) is 0.450. The van der Waals surface area contributed by atoms with Gasteiger partial charge in [0.15, 0.2) is 0 Å². The van der Waals surface area contributed by atoms with Gasteiger partial charge in [0, 0.05) is 38.9 Å². The second-order valence-corrected chi connectivity index (χ2v) is 7.57. The van der Waals surface area contributed by atoms with Crippen LogP contribution in [0.1, 0.15) is 28.0 Å².